The number of hydrogen-bond donors (Lipinski definition) is 1. The second-order valence-electron chi connectivity index (χ2n) is 6.90. The highest BCUT2D eigenvalue weighted by Crippen LogP contribution is 2.24. The van der Waals surface area contributed by atoms with Crippen LogP contribution in [0.25, 0.3) is 0 Å². The molecule has 4 amide bonds. The molecule has 0 radical (unpaired) electrons. The van der Waals surface area contributed by atoms with Gasteiger partial charge in [-0.15, -0.1) is 0 Å². The molecule has 0 aromatic heterocycles. The lowest BCUT2D eigenvalue weighted by Crippen LogP contribution is -2.40. The summed E-state index contributed by atoms with van der Waals surface area (Å²) in [4.78, 5) is 51.6. The van der Waals surface area contributed by atoms with Gasteiger partial charge < -0.3 is 10.2 Å². The average molecular weight is 428 g/mol. The molecule has 8 heteroatoms. The summed E-state index contributed by atoms with van der Waals surface area (Å²) in [5, 5.41) is 3.40. The molecule has 156 valence electrons. The van der Waals surface area contributed by atoms with Crippen LogP contribution < -0.4 is 10.2 Å². The molecule has 2 aromatic rings. The second kappa shape index (κ2) is 9.54. The topological polar surface area (TPSA) is 86.8 Å². The third-order valence-corrected chi connectivity index (χ3v) is 5.06. The van der Waals surface area contributed by atoms with Gasteiger partial charge in [0.15, 0.2) is 0 Å². The van der Waals surface area contributed by atoms with Crippen molar-refractivity contribution in [1.82, 2.24) is 10.2 Å². The molecule has 7 nitrogen and oxygen atoms in total. The van der Waals surface area contributed by atoms with Crippen molar-refractivity contribution in [1.29, 1.82) is 0 Å². The molecule has 1 heterocycles. The predicted octanol–water partition coefficient (Wildman–Crippen LogP) is 2.77. The fourth-order valence-electron chi connectivity index (χ4n) is 3.18. The summed E-state index contributed by atoms with van der Waals surface area (Å²) in [6, 6.07) is 13.5. The normalized spacial score (nSPS) is 13.5. The van der Waals surface area contributed by atoms with Gasteiger partial charge in [0, 0.05) is 36.5 Å². The summed E-state index contributed by atoms with van der Waals surface area (Å²) >= 11 is 5.85. The Hall–Kier alpha value is -3.19. The third-order valence-electron chi connectivity index (χ3n) is 4.81. The van der Waals surface area contributed by atoms with Gasteiger partial charge in [0.2, 0.25) is 17.7 Å². The monoisotopic (exact) mass is 427 g/mol. The molecule has 1 N–H and O–H groups in total. The van der Waals surface area contributed by atoms with Crippen LogP contribution in [-0.4, -0.2) is 41.6 Å². The van der Waals surface area contributed by atoms with E-state index in [-0.39, 0.29) is 43.0 Å². The number of halogens is 1. The molecule has 30 heavy (non-hydrogen) atoms. The maximum atomic E-state index is 12.9. The van der Waals surface area contributed by atoms with Crippen LogP contribution in [0.1, 0.15) is 35.7 Å². The summed E-state index contributed by atoms with van der Waals surface area (Å²) < 4.78 is 0. The van der Waals surface area contributed by atoms with E-state index in [2.05, 4.69) is 5.32 Å². The molecule has 0 aliphatic carbocycles. The van der Waals surface area contributed by atoms with E-state index in [1.165, 1.54) is 11.0 Å². The SMILES string of the molecule is CCN(CC(=O)NCc1ccc(Cl)cc1)C(=O)c1cccc(N2C(=O)CCC2=O)c1. The molecule has 1 fully saturated rings. The first-order valence-electron chi connectivity index (χ1n) is 9.65. The lowest BCUT2D eigenvalue weighted by Gasteiger charge is -2.21. The van der Waals surface area contributed by atoms with E-state index in [0.29, 0.717) is 29.4 Å². The maximum absolute atomic E-state index is 12.9. The van der Waals surface area contributed by atoms with Gasteiger partial charge in [-0.3, -0.25) is 24.1 Å². The number of nitrogens with zero attached hydrogens (tertiary/aromatic N) is 2. The Balaban J connectivity index is 1.64. The Morgan fingerprint density at radius 2 is 1.73 bits per heavy atom. The van der Waals surface area contributed by atoms with Crippen molar-refractivity contribution in [2.75, 3.05) is 18.0 Å². The summed E-state index contributed by atoms with van der Waals surface area (Å²) in [6.07, 6.45) is 0.345. The molecule has 0 bridgehead atoms. The minimum Gasteiger partial charge on any atom is -0.350 e. The Labute approximate surface area is 179 Å². The highest BCUT2D eigenvalue weighted by molar-refractivity contribution is 6.30. The average Bonchev–Trinajstić information content (AvgIpc) is 3.09. The lowest BCUT2D eigenvalue weighted by atomic mass is 10.1. The van der Waals surface area contributed by atoms with Gasteiger partial charge in [0.25, 0.3) is 5.91 Å². The molecular weight excluding hydrogens is 406 g/mol. The van der Waals surface area contributed by atoms with Gasteiger partial charge >= 0.3 is 0 Å². The first-order chi connectivity index (χ1) is 14.4. The van der Waals surface area contributed by atoms with Crippen molar-refractivity contribution in [3.05, 3.63) is 64.7 Å². The van der Waals surface area contributed by atoms with E-state index in [1.54, 1.807) is 37.3 Å². The number of imide groups is 1. The Morgan fingerprint density at radius 1 is 1.07 bits per heavy atom. The Bertz CT molecular complexity index is 959. The molecule has 1 saturated heterocycles. The van der Waals surface area contributed by atoms with Gasteiger partial charge in [-0.1, -0.05) is 29.8 Å². The standard InChI is InChI=1S/C22H22ClN3O4/c1-2-25(14-19(27)24-13-15-6-8-17(23)9-7-15)22(30)16-4-3-5-18(12-16)26-20(28)10-11-21(26)29/h3-9,12H,2,10-11,13-14H2,1H3,(H,24,27). The number of carbonyl (C=O) groups excluding carboxylic acids is 4. The summed E-state index contributed by atoms with van der Waals surface area (Å²) in [7, 11) is 0. The molecule has 0 spiro atoms. The number of carbonyl (C=O) groups is 4. The Kier molecular flexibility index (Phi) is 6.84. The van der Waals surface area contributed by atoms with E-state index in [4.69, 9.17) is 11.6 Å². The number of amides is 4. The van der Waals surface area contributed by atoms with Crippen LogP contribution in [0.3, 0.4) is 0 Å². The molecule has 0 atom stereocenters. The second-order valence-corrected chi connectivity index (χ2v) is 7.33. The van der Waals surface area contributed by atoms with Gasteiger partial charge in [-0.05, 0) is 42.8 Å². The maximum Gasteiger partial charge on any atom is 0.254 e. The molecule has 1 aliphatic heterocycles. The van der Waals surface area contributed by atoms with Crippen molar-refractivity contribution in [3.63, 3.8) is 0 Å². The van der Waals surface area contributed by atoms with Crippen molar-refractivity contribution in [2.24, 2.45) is 0 Å². The van der Waals surface area contributed by atoms with Gasteiger partial charge in [0.1, 0.15) is 0 Å². The van der Waals surface area contributed by atoms with E-state index in [1.807, 2.05) is 12.1 Å². The number of benzene rings is 2. The number of likely N-dealkylation sites (N-methyl/N-ethyl adjacent to an activating group) is 1. The van der Waals surface area contributed by atoms with E-state index in [0.717, 1.165) is 10.5 Å². The largest absolute Gasteiger partial charge is 0.350 e. The summed E-state index contributed by atoms with van der Waals surface area (Å²) in [5.41, 5.74) is 1.58. The van der Waals surface area contributed by atoms with Crippen LogP contribution in [0, 0.1) is 0 Å². The van der Waals surface area contributed by atoms with Gasteiger partial charge in [-0.2, -0.15) is 0 Å². The molecule has 0 saturated carbocycles. The van der Waals surface area contributed by atoms with Crippen molar-refractivity contribution in [3.8, 4) is 0 Å². The molecule has 1 aliphatic rings. The van der Waals surface area contributed by atoms with Crippen LogP contribution in [0.15, 0.2) is 48.5 Å². The molecule has 0 unspecified atom stereocenters. The zero-order valence-electron chi connectivity index (χ0n) is 16.6. The third kappa shape index (κ3) is 5.04. The van der Waals surface area contributed by atoms with Crippen LogP contribution in [-0.2, 0) is 20.9 Å². The van der Waals surface area contributed by atoms with Crippen molar-refractivity contribution < 1.29 is 19.2 Å². The minimum absolute atomic E-state index is 0.102. The first-order valence-corrected chi connectivity index (χ1v) is 10.0. The van der Waals surface area contributed by atoms with Crippen molar-refractivity contribution in [2.45, 2.75) is 26.3 Å². The number of anilines is 1. The lowest BCUT2D eigenvalue weighted by molar-refractivity contribution is -0.122. The molecule has 3 rings (SSSR count). The number of nitrogens with one attached hydrogen (secondary N) is 1. The quantitative estimate of drug-likeness (QED) is 0.688. The van der Waals surface area contributed by atoms with Crippen LogP contribution in [0.5, 0.6) is 0 Å². The zero-order valence-corrected chi connectivity index (χ0v) is 17.3. The van der Waals surface area contributed by atoms with E-state index in [9.17, 15) is 19.2 Å². The zero-order chi connectivity index (χ0) is 21.7. The molecular formula is C22H22ClN3O4. The van der Waals surface area contributed by atoms with Crippen LogP contribution >= 0.6 is 11.6 Å². The smallest absolute Gasteiger partial charge is 0.254 e. The summed E-state index contributed by atoms with van der Waals surface area (Å²) in [6.45, 7) is 2.34. The fraction of sp³-hybridized carbons (Fsp3) is 0.273. The van der Waals surface area contributed by atoms with Crippen LogP contribution in [0.4, 0.5) is 5.69 Å². The number of hydrogen-bond acceptors (Lipinski definition) is 4. The minimum atomic E-state index is -0.347. The highest BCUT2D eigenvalue weighted by atomic mass is 35.5. The highest BCUT2D eigenvalue weighted by Gasteiger charge is 2.30. The van der Waals surface area contributed by atoms with Crippen LogP contribution in [0.2, 0.25) is 5.02 Å². The first kappa shape index (κ1) is 21.5. The molecule has 2 aromatic carbocycles. The summed E-state index contributed by atoms with van der Waals surface area (Å²) in [5.74, 6) is -1.20. The van der Waals surface area contributed by atoms with Gasteiger partial charge in [-0.25, -0.2) is 0 Å². The van der Waals surface area contributed by atoms with E-state index >= 15 is 0 Å². The van der Waals surface area contributed by atoms with E-state index < -0.39 is 0 Å². The van der Waals surface area contributed by atoms with Gasteiger partial charge in [0.05, 0.1) is 12.2 Å². The predicted molar refractivity (Wildman–Crippen MR) is 113 cm³/mol. The Morgan fingerprint density at radius 3 is 2.37 bits per heavy atom. The van der Waals surface area contributed by atoms with Crippen molar-refractivity contribution >= 4 is 40.9 Å². The fourth-order valence-corrected chi connectivity index (χ4v) is 3.31. The number of rotatable bonds is 7.